The van der Waals surface area contributed by atoms with Crippen LogP contribution >= 0.6 is 35.5 Å². The molecule has 1 aliphatic rings. The molecule has 2 aromatic rings. The number of hydrogen-bond donors (Lipinski definition) is 1. The molecule has 0 atom stereocenters. The van der Waals surface area contributed by atoms with E-state index in [0.29, 0.717) is 0 Å². The molecule has 2 heterocycles. The molecule has 1 aliphatic heterocycles. The van der Waals surface area contributed by atoms with E-state index in [9.17, 15) is 0 Å². The molecule has 0 spiro atoms. The molecule has 0 radical (unpaired) electrons. The van der Waals surface area contributed by atoms with Crippen LogP contribution in [0.15, 0.2) is 46.0 Å². The fourth-order valence-corrected chi connectivity index (χ4v) is 4.51. The fourth-order valence-electron chi connectivity index (χ4n) is 2.38. The Morgan fingerprint density at radius 1 is 1.20 bits per heavy atom. The first kappa shape index (κ1) is 15.6. The number of nitrogens with one attached hydrogen (secondary N) is 1. The first-order valence-electron chi connectivity index (χ1n) is 6.54. The summed E-state index contributed by atoms with van der Waals surface area (Å²) < 4.78 is 1.45. The Morgan fingerprint density at radius 3 is 2.90 bits per heavy atom. The number of hydrogen-bond acceptors (Lipinski definition) is 3. The molecular formula is C16H18ClNS2. The largest absolute Gasteiger partial charge is 0.319 e. The van der Waals surface area contributed by atoms with Crippen LogP contribution in [0.25, 0.3) is 5.57 Å². The van der Waals surface area contributed by atoms with Crippen LogP contribution in [0.5, 0.6) is 0 Å². The van der Waals surface area contributed by atoms with Gasteiger partial charge in [-0.1, -0.05) is 30.3 Å². The van der Waals surface area contributed by atoms with E-state index in [1.165, 1.54) is 26.5 Å². The number of thiophene rings is 1. The minimum atomic E-state index is 0. The van der Waals surface area contributed by atoms with E-state index in [-0.39, 0.29) is 12.4 Å². The zero-order chi connectivity index (χ0) is 13.1. The van der Waals surface area contributed by atoms with Gasteiger partial charge in [0.1, 0.15) is 0 Å². The van der Waals surface area contributed by atoms with Crippen LogP contribution in [-0.2, 0) is 5.75 Å². The molecule has 0 saturated heterocycles. The summed E-state index contributed by atoms with van der Waals surface area (Å²) in [5.41, 5.74) is 5.68. The first-order valence-corrected chi connectivity index (χ1v) is 8.40. The highest BCUT2D eigenvalue weighted by atomic mass is 35.5. The van der Waals surface area contributed by atoms with Crippen molar-refractivity contribution in [1.82, 2.24) is 5.32 Å². The van der Waals surface area contributed by atoms with Gasteiger partial charge in [0, 0.05) is 11.3 Å². The summed E-state index contributed by atoms with van der Waals surface area (Å²) in [6, 6.07) is 11.1. The van der Waals surface area contributed by atoms with E-state index in [1.807, 2.05) is 30.1 Å². The molecule has 1 nitrogen and oxygen atoms in total. The third-order valence-electron chi connectivity index (χ3n) is 3.33. The molecule has 20 heavy (non-hydrogen) atoms. The smallest absolute Gasteiger partial charge is 0.0680 e. The van der Waals surface area contributed by atoms with Crippen molar-refractivity contribution in [2.24, 2.45) is 0 Å². The van der Waals surface area contributed by atoms with Gasteiger partial charge in [0.05, 0.1) is 4.21 Å². The van der Waals surface area contributed by atoms with Gasteiger partial charge in [-0.3, -0.25) is 0 Å². The number of halogens is 1. The Labute approximate surface area is 134 Å². The Bertz CT molecular complexity index is 604. The fraction of sp³-hybridized carbons (Fsp3) is 0.250. The summed E-state index contributed by atoms with van der Waals surface area (Å²) in [4.78, 5) is 0. The topological polar surface area (TPSA) is 12.0 Å². The average molecular weight is 324 g/mol. The highest BCUT2D eigenvalue weighted by molar-refractivity contribution is 8.00. The highest BCUT2D eigenvalue weighted by Gasteiger charge is 2.18. The molecule has 3 rings (SSSR count). The quantitative estimate of drug-likeness (QED) is 0.813. The van der Waals surface area contributed by atoms with E-state index >= 15 is 0 Å². The molecule has 0 saturated carbocycles. The van der Waals surface area contributed by atoms with Gasteiger partial charge >= 0.3 is 0 Å². The van der Waals surface area contributed by atoms with E-state index in [2.05, 4.69) is 47.1 Å². The van der Waals surface area contributed by atoms with Gasteiger partial charge in [0.25, 0.3) is 0 Å². The number of rotatable bonds is 3. The monoisotopic (exact) mass is 323 g/mol. The Morgan fingerprint density at radius 2 is 2.05 bits per heavy atom. The minimum absolute atomic E-state index is 0. The van der Waals surface area contributed by atoms with Crippen molar-refractivity contribution >= 4 is 41.1 Å². The van der Waals surface area contributed by atoms with Crippen molar-refractivity contribution in [3.8, 4) is 0 Å². The van der Waals surface area contributed by atoms with E-state index in [0.717, 1.165) is 18.7 Å². The van der Waals surface area contributed by atoms with Crippen molar-refractivity contribution in [3.05, 3.63) is 58.5 Å². The maximum Gasteiger partial charge on any atom is 0.0680 e. The predicted molar refractivity (Wildman–Crippen MR) is 93.2 cm³/mol. The number of fused-ring (bicyclic) bond motifs is 2. The maximum atomic E-state index is 3.22. The van der Waals surface area contributed by atoms with Gasteiger partial charge in [0.15, 0.2) is 0 Å². The molecule has 0 fully saturated rings. The standard InChI is InChI=1S/C16H17NS2.ClH/c1-17-9-4-7-14-13-6-3-2-5-12(13)11-19-16-15(14)8-10-18-16;/h2-3,5-8,10,17H,4,9,11H2,1H3;1H/b14-7+;. The van der Waals surface area contributed by atoms with Crippen LogP contribution in [0.3, 0.4) is 0 Å². The molecule has 1 N–H and O–H groups in total. The molecule has 0 unspecified atom stereocenters. The van der Waals surface area contributed by atoms with Gasteiger partial charge in [-0.25, -0.2) is 0 Å². The van der Waals surface area contributed by atoms with Crippen LogP contribution in [0.2, 0.25) is 0 Å². The van der Waals surface area contributed by atoms with Gasteiger partial charge in [0.2, 0.25) is 0 Å². The lowest BCUT2D eigenvalue weighted by Gasteiger charge is -2.09. The van der Waals surface area contributed by atoms with Crippen molar-refractivity contribution in [3.63, 3.8) is 0 Å². The number of benzene rings is 1. The van der Waals surface area contributed by atoms with Gasteiger partial charge in [-0.2, -0.15) is 0 Å². The molecule has 0 bridgehead atoms. The van der Waals surface area contributed by atoms with Gasteiger partial charge in [-0.05, 0) is 48.2 Å². The second-order valence-corrected chi connectivity index (χ2v) is 6.74. The first-order chi connectivity index (χ1) is 9.40. The second-order valence-electron chi connectivity index (χ2n) is 4.58. The third-order valence-corrected chi connectivity index (χ3v) is 5.61. The summed E-state index contributed by atoms with van der Waals surface area (Å²) in [5, 5.41) is 5.42. The van der Waals surface area contributed by atoms with Crippen LogP contribution in [0.1, 0.15) is 23.1 Å². The summed E-state index contributed by atoms with van der Waals surface area (Å²) in [7, 11) is 2.01. The van der Waals surface area contributed by atoms with Crippen LogP contribution in [0, 0.1) is 0 Å². The Kier molecular flexibility index (Phi) is 5.73. The summed E-state index contributed by atoms with van der Waals surface area (Å²) in [6.45, 7) is 1.03. The van der Waals surface area contributed by atoms with E-state index < -0.39 is 0 Å². The van der Waals surface area contributed by atoms with E-state index in [1.54, 1.807) is 0 Å². The molecule has 1 aromatic carbocycles. The molecule has 106 valence electrons. The Balaban J connectivity index is 0.00000147. The molecule has 4 heteroatoms. The van der Waals surface area contributed by atoms with E-state index in [4.69, 9.17) is 0 Å². The van der Waals surface area contributed by atoms with Crippen molar-refractivity contribution in [2.75, 3.05) is 13.6 Å². The summed E-state index contributed by atoms with van der Waals surface area (Å²) >= 11 is 3.82. The number of thioether (sulfide) groups is 1. The van der Waals surface area contributed by atoms with Gasteiger partial charge < -0.3 is 5.32 Å². The highest BCUT2D eigenvalue weighted by Crippen LogP contribution is 2.42. The van der Waals surface area contributed by atoms with Crippen molar-refractivity contribution in [2.45, 2.75) is 16.4 Å². The molecular weight excluding hydrogens is 306 g/mol. The molecule has 0 aliphatic carbocycles. The van der Waals surface area contributed by atoms with Crippen LogP contribution in [-0.4, -0.2) is 13.6 Å². The second kappa shape index (κ2) is 7.32. The van der Waals surface area contributed by atoms with Crippen LogP contribution < -0.4 is 5.32 Å². The molecule has 0 amide bonds. The normalized spacial score (nSPS) is 15.2. The van der Waals surface area contributed by atoms with Crippen molar-refractivity contribution < 1.29 is 0 Å². The zero-order valence-electron chi connectivity index (χ0n) is 11.4. The lowest BCUT2D eigenvalue weighted by Crippen LogP contribution is -2.06. The minimum Gasteiger partial charge on any atom is -0.319 e. The molecule has 1 aromatic heterocycles. The zero-order valence-corrected chi connectivity index (χ0v) is 13.8. The predicted octanol–water partition coefficient (Wildman–Crippen LogP) is 4.82. The van der Waals surface area contributed by atoms with Gasteiger partial charge in [-0.15, -0.1) is 35.5 Å². The maximum absolute atomic E-state index is 3.22. The summed E-state index contributed by atoms with van der Waals surface area (Å²) in [6.07, 6.45) is 3.45. The SMILES string of the molecule is CNCC/C=C1\c2ccccc2CSc2sccc21.Cl. The Hall–Kier alpha value is -0.740. The third kappa shape index (κ3) is 3.12. The lowest BCUT2D eigenvalue weighted by molar-refractivity contribution is 0.808. The summed E-state index contributed by atoms with van der Waals surface area (Å²) in [5.74, 6) is 1.08. The van der Waals surface area contributed by atoms with Crippen LogP contribution in [0.4, 0.5) is 0 Å². The average Bonchev–Trinajstić information content (AvgIpc) is 2.85. The van der Waals surface area contributed by atoms with Crippen molar-refractivity contribution in [1.29, 1.82) is 0 Å². The lowest BCUT2D eigenvalue weighted by atomic mass is 9.95.